The SMILES string of the molecule is Cn1c(-c2ccc3ccccc3c2)c(C(C#N)c2ccccc2F)c2ccccc21. The first-order valence-electron chi connectivity index (χ1n) is 9.89. The van der Waals surface area contributed by atoms with E-state index in [0.717, 1.165) is 38.5 Å². The first-order chi connectivity index (χ1) is 14.7. The molecule has 0 spiro atoms. The zero-order valence-corrected chi connectivity index (χ0v) is 16.5. The maximum absolute atomic E-state index is 14.7. The minimum atomic E-state index is -0.709. The van der Waals surface area contributed by atoms with E-state index in [1.807, 2.05) is 43.4 Å². The van der Waals surface area contributed by atoms with Crippen molar-refractivity contribution in [3.63, 3.8) is 0 Å². The summed E-state index contributed by atoms with van der Waals surface area (Å²) in [6.07, 6.45) is 0. The van der Waals surface area contributed by atoms with Crippen molar-refractivity contribution in [1.29, 1.82) is 5.26 Å². The summed E-state index contributed by atoms with van der Waals surface area (Å²) >= 11 is 0. The van der Waals surface area contributed by atoms with Crippen LogP contribution in [0, 0.1) is 17.1 Å². The molecule has 1 heterocycles. The number of hydrogen-bond acceptors (Lipinski definition) is 1. The van der Waals surface area contributed by atoms with Gasteiger partial charge in [-0.05, 0) is 34.5 Å². The fourth-order valence-electron chi connectivity index (χ4n) is 4.40. The van der Waals surface area contributed by atoms with Crippen LogP contribution in [-0.2, 0) is 7.05 Å². The average molecular weight is 390 g/mol. The van der Waals surface area contributed by atoms with E-state index in [0.29, 0.717) is 5.56 Å². The van der Waals surface area contributed by atoms with Crippen LogP contribution in [0.2, 0.25) is 0 Å². The van der Waals surface area contributed by atoms with Crippen molar-refractivity contribution in [3.8, 4) is 17.3 Å². The summed E-state index contributed by atoms with van der Waals surface area (Å²) in [7, 11) is 2.01. The number of aryl methyl sites for hydroxylation is 1. The third-order valence-corrected chi connectivity index (χ3v) is 5.80. The molecule has 30 heavy (non-hydrogen) atoms. The van der Waals surface area contributed by atoms with Gasteiger partial charge in [-0.1, -0.05) is 72.8 Å². The van der Waals surface area contributed by atoms with Crippen molar-refractivity contribution >= 4 is 21.7 Å². The van der Waals surface area contributed by atoms with E-state index in [1.165, 1.54) is 6.07 Å². The lowest BCUT2D eigenvalue weighted by Crippen LogP contribution is -2.04. The van der Waals surface area contributed by atoms with Crippen LogP contribution in [0.25, 0.3) is 32.9 Å². The van der Waals surface area contributed by atoms with Gasteiger partial charge in [0.1, 0.15) is 11.7 Å². The molecule has 0 fully saturated rings. The largest absolute Gasteiger partial charge is 0.343 e. The van der Waals surface area contributed by atoms with Crippen LogP contribution in [0.4, 0.5) is 4.39 Å². The quantitative estimate of drug-likeness (QED) is 0.333. The highest BCUT2D eigenvalue weighted by molar-refractivity contribution is 5.95. The molecule has 0 aliphatic carbocycles. The second kappa shape index (κ2) is 7.17. The number of aromatic nitrogens is 1. The molecule has 1 unspecified atom stereocenters. The number of para-hydroxylation sites is 1. The van der Waals surface area contributed by atoms with Crippen LogP contribution in [-0.4, -0.2) is 4.57 Å². The fourth-order valence-corrected chi connectivity index (χ4v) is 4.40. The number of fused-ring (bicyclic) bond motifs is 2. The molecule has 0 N–H and O–H groups in total. The minimum Gasteiger partial charge on any atom is -0.343 e. The predicted molar refractivity (Wildman–Crippen MR) is 120 cm³/mol. The highest BCUT2D eigenvalue weighted by Gasteiger charge is 2.27. The van der Waals surface area contributed by atoms with Crippen molar-refractivity contribution in [2.45, 2.75) is 5.92 Å². The third-order valence-electron chi connectivity index (χ3n) is 5.80. The molecule has 0 aliphatic heterocycles. The number of halogens is 1. The highest BCUT2D eigenvalue weighted by Crippen LogP contribution is 2.41. The van der Waals surface area contributed by atoms with Gasteiger partial charge in [0.25, 0.3) is 0 Å². The van der Waals surface area contributed by atoms with E-state index in [-0.39, 0.29) is 5.82 Å². The fraction of sp³-hybridized carbons (Fsp3) is 0.0741. The van der Waals surface area contributed by atoms with Crippen molar-refractivity contribution in [2.75, 3.05) is 0 Å². The Kier molecular flexibility index (Phi) is 4.34. The Morgan fingerprint density at radius 3 is 2.33 bits per heavy atom. The van der Waals surface area contributed by atoms with Crippen molar-refractivity contribution in [2.24, 2.45) is 7.05 Å². The maximum atomic E-state index is 14.7. The van der Waals surface area contributed by atoms with Crippen molar-refractivity contribution in [1.82, 2.24) is 4.57 Å². The van der Waals surface area contributed by atoms with Crippen LogP contribution in [0.3, 0.4) is 0 Å². The van der Waals surface area contributed by atoms with Crippen molar-refractivity contribution in [3.05, 3.63) is 108 Å². The van der Waals surface area contributed by atoms with Gasteiger partial charge >= 0.3 is 0 Å². The first-order valence-corrected chi connectivity index (χ1v) is 9.89. The molecule has 2 nitrogen and oxygen atoms in total. The zero-order chi connectivity index (χ0) is 20.7. The summed E-state index contributed by atoms with van der Waals surface area (Å²) in [6, 6.07) is 31.5. The van der Waals surface area contributed by atoms with Gasteiger partial charge in [0.05, 0.1) is 11.8 Å². The van der Waals surface area contributed by atoms with E-state index in [9.17, 15) is 9.65 Å². The molecule has 1 atom stereocenters. The van der Waals surface area contributed by atoms with Crippen LogP contribution in [0.5, 0.6) is 0 Å². The van der Waals surface area contributed by atoms with Crippen LogP contribution < -0.4 is 0 Å². The van der Waals surface area contributed by atoms with Gasteiger partial charge in [0, 0.05) is 29.1 Å². The zero-order valence-electron chi connectivity index (χ0n) is 16.5. The van der Waals surface area contributed by atoms with Gasteiger partial charge in [-0.3, -0.25) is 0 Å². The molecule has 0 radical (unpaired) electrons. The molecule has 0 saturated heterocycles. The summed E-state index contributed by atoms with van der Waals surface area (Å²) in [5.41, 5.74) is 4.22. The number of benzene rings is 4. The first kappa shape index (κ1) is 18.1. The van der Waals surface area contributed by atoms with Gasteiger partial charge in [-0.15, -0.1) is 0 Å². The summed E-state index contributed by atoms with van der Waals surface area (Å²) < 4.78 is 16.8. The van der Waals surface area contributed by atoms with Gasteiger partial charge < -0.3 is 4.57 Å². The molecule has 0 amide bonds. The second-order valence-electron chi connectivity index (χ2n) is 7.48. The van der Waals surface area contributed by atoms with E-state index in [2.05, 4.69) is 41.0 Å². The Balaban J connectivity index is 1.85. The molecule has 144 valence electrons. The van der Waals surface area contributed by atoms with Crippen molar-refractivity contribution < 1.29 is 4.39 Å². The van der Waals surface area contributed by atoms with Gasteiger partial charge in [-0.2, -0.15) is 5.26 Å². The molecule has 0 aliphatic rings. The average Bonchev–Trinajstić information content (AvgIpc) is 3.08. The molecule has 5 aromatic rings. The van der Waals surface area contributed by atoms with E-state index in [4.69, 9.17) is 0 Å². The van der Waals surface area contributed by atoms with E-state index >= 15 is 0 Å². The Labute approximate surface area is 174 Å². The standard InChI is InChI=1S/C27H19FN2/c1-30-25-13-7-5-11-22(25)26(23(17-29)21-10-4-6-12-24(21)28)27(30)20-15-14-18-8-2-3-9-19(18)16-20/h2-16,23H,1H3. The van der Waals surface area contributed by atoms with E-state index in [1.54, 1.807) is 18.2 Å². The summed E-state index contributed by atoms with van der Waals surface area (Å²) in [5.74, 6) is -1.07. The maximum Gasteiger partial charge on any atom is 0.128 e. The molecule has 1 aromatic heterocycles. The molecule has 4 aromatic carbocycles. The third kappa shape index (κ3) is 2.77. The molecular formula is C27H19FN2. The highest BCUT2D eigenvalue weighted by atomic mass is 19.1. The lowest BCUT2D eigenvalue weighted by Gasteiger charge is -2.15. The van der Waals surface area contributed by atoms with Gasteiger partial charge in [0.15, 0.2) is 0 Å². The lowest BCUT2D eigenvalue weighted by atomic mass is 9.88. The minimum absolute atomic E-state index is 0.360. The Morgan fingerprint density at radius 2 is 1.53 bits per heavy atom. The van der Waals surface area contributed by atoms with Gasteiger partial charge in [0.2, 0.25) is 0 Å². The van der Waals surface area contributed by atoms with Crippen LogP contribution >= 0.6 is 0 Å². The number of nitriles is 1. The number of hydrogen-bond donors (Lipinski definition) is 0. The molecule has 5 rings (SSSR count). The van der Waals surface area contributed by atoms with Gasteiger partial charge in [-0.25, -0.2) is 4.39 Å². The van der Waals surface area contributed by atoms with Crippen LogP contribution in [0.15, 0.2) is 91.0 Å². The molecular weight excluding hydrogens is 371 g/mol. The summed E-state index contributed by atoms with van der Waals surface area (Å²) in [4.78, 5) is 0. The van der Waals surface area contributed by atoms with Crippen LogP contribution in [0.1, 0.15) is 17.0 Å². The molecule has 3 heteroatoms. The summed E-state index contributed by atoms with van der Waals surface area (Å²) in [5, 5.41) is 13.4. The Bertz CT molecular complexity index is 1440. The smallest absolute Gasteiger partial charge is 0.128 e. The number of rotatable bonds is 3. The lowest BCUT2D eigenvalue weighted by molar-refractivity contribution is 0.609. The van der Waals surface area contributed by atoms with E-state index < -0.39 is 5.92 Å². The predicted octanol–water partition coefficient (Wildman–Crippen LogP) is 6.79. The topological polar surface area (TPSA) is 28.7 Å². The monoisotopic (exact) mass is 390 g/mol. The normalized spacial score (nSPS) is 12.2. The Hall–Kier alpha value is -3.90. The Morgan fingerprint density at radius 1 is 0.833 bits per heavy atom. The second-order valence-corrected chi connectivity index (χ2v) is 7.48. The molecule has 0 saturated carbocycles. The number of nitrogens with zero attached hydrogens (tertiary/aromatic N) is 2. The molecule has 0 bridgehead atoms. The summed E-state index contributed by atoms with van der Waals surface area (Å²) in [6.45, 7) is 0.